The van der Waals surface area contributed by atoms with E-state index in [1.165, 1.54) is 6.20 Å². The van der Waals surface area contributed by atoms with Gasteiger partial charge in [0.1, 0.15) is 5.82 Å². The number of hydrogen-bond acceptors (Lipinski definition) is 4. The van der Waals surface area contributed by atoms with Gasteiger partial charge in [-0.3, -0.25) is 9.78 Å². The first-order valence-corrected chi connectivity index (χ1v) is 8.17. The van der Waals surface area contributed by atoms with E-state index in [2.05, 4.69) is 20.6 Å². The summed E-state index contributed by atoms with van der Waals surface area (Å²) in [6.07, 6.45) is 3.23. The average molecular weight is 353 g/mol. The standard InChI is InChI=1S/C19H17ClN4O/c1-13-16(20)6-4-7-17(13)24-18-9-8-14(11-22-18)19(25)23-12-15-5-2-3-10-21-15/h2-11H,12H2,1H3,(H,22,24)(H,23,25). The number of nitrogens with one attached hydrogen (secondary N) is 2. The van der Waals surface area contributed by atoms with E-state index in [4.69, 9.17) is 11.6 Å². The third-order valence-corrected chi connectivity index (χ3v) is 4.12. The van der Waals surface area contributed by atoms with E-state index >= 15 is 0 Å². The van der Waals surface area contributed by atoms with Crippen LogP contribution in [0.4, 0.5) is 11.5 Å². The van der Waals surface area contributed by atoms with Crippen molar-refractivity contribution < 1.29 is 4.79 Å². The zero-order chi connectivity index (χ0) is 17.6. The van der Waals surface area contributed by atoms with Crippen LogP contribution in [-0.4, -0.2) is 15.9 Å². The van der Waals surface area contributed by atoms with Crippen LogP contribution in [0, 0.1) is 6.92 Å². The summed E-state index contributed by atoms with van der Waals surface area (Å²) in [6, 6.07) is 14.7. The molecule has 126 valence electrons. The Bertz CT molecular complexity index is 866. The Hall–Kier alpha value is -2.92. The molecule has 6 heteroatoms. The summed E-state index contributed by atoms with van der Waals surface area (Å²) >= 11 is 6.11. The number of carbonyl (C=O) groups excluding carboxylic acids is 1. The van der Waals surface area contributed by atoms with Crippen LogP contribution in [0.3, 0.4) is 0 Å². The quantitative estimate of drug-likeness (QED) is 0.725. The van der Waals surface area contributed by atoms with E-state index in [0.717, 1.165) is 16.9 Å². The minimum absolute atomic E-state index is 0.191. The molecule has 0 fully saturated rings. The van der Waals surface area contributed by atoms with Crippen molar-refractivity contribution in [2.24, 2.45) is 0 Å². The van der Waals surface area contributed by atoms with Gasteiger partial charge in [-0.05, 0) is 48.9 Å². The number of nitrogens with zero attached hydrogens (tertiary/aromatic N) is 2. The smallest absolute Gasteiger partial charge is 0.253 e. The minimum atomic E-state index is -0.191. The lowest BCUT2D eigenvalue weighted by Gasteiger charge is -2.10. The van der Waals surface area contributed by atoms with Crippen LogP contribution in [0.2, 0.25) is 5.02 Å². The Morgan fingerprint density at radius 2 is 1.96 bits per heavy atom. The van der Waals surface area contributed by atoms with Crippen LogP contribution in [0.25, 0.3) is 0 Å². The molecule has 0 aliphatic carbocycles. The largest absolute Gasteiger partial charge is 0.346 e. The van der Waals surface area contributed by atoms with Crippen LogP contribution in [-0.2, 0) is 6.54 Å². The highest BCUT2D eigenvalue weighted by Gasteiger charge is 2.07. The molecule has 1 amide bonds. The Balaban J connectivity index is 1.63. The lowest BCUT2D eigenvalue weighted by Crippen LogP contribution is -2.23. The van der Waals surface area contributed by atoms with Crippen molar-refractivity contribution in [3.63, 3.8) is 0 Å². The van der Waals surface area contributed by atoms with E-state index in [-0.39, 0.29) is 5.91 Å². The number of amides is 1. The molecule has 25 heavy (non-hydrogen) atoms. The van der Waals surface area contributed by atoms with Crippen LogP contribution >= 0.6 is 11.6 Å². The number of pyridine rings is 2. The van der Waals surface area contributed by atoms with Gasteiger partial charge in [0, 0.05) is 23.1 Å². The van der Waals surface area contributed by atoms with Gasteiger partial charge >= 0.3 is 0 Å². The molecule has 3 aromatic rings. The van der Waals surface area contributed by atoms with Crippen molar-refractivity contribution in [2.75, 3.05) is 5.32 Å². The van der Waals surface area contributed by atoms with Crippen molar-refractivity contribution in [3.8, 4) is 0 Å². The minimum Gasteiger partial charge on any atom is -0.346 e. The number of anilines is 2. The Morgan fingerprint density at radius 3 is 2.68 bits per heavy atom. The summed E-state index contributed by atoms with van der Waals surface area (Å²) in [5.41, 5.74) is 3.12. The normalized spacial score (nSPS) is 10.3. The van der Waals surface area contributed by atoms with Crippen molar-refractivity contribution >= 4 is 29.0 Å². The fourth-order valence-electron chi connectivity index (χ4n) is 2.26. The Kier molecular flexibility index (Phi) is 5.26. The summed E-state index contributed by atoms with van der Waals surface area (Å²) < 4.78 is 0. The number of rotatable bonds is 5. The van der Waals surface area contributed by atoms with E-state index < -0.39 is 0 Å². The molecule has 0 saturated heterocycles. The second-order valence-corrected chi connectivity index (χ2v) is 5.88. The molecule has 2 aromatic heterocycles. The fourth-order valence-corrected chi connectivity index (χ4v) is 2.43. The molecule has 0 bridgehead atoms. The van der Waals surface area contributed by atoms with Crippen molar-refractivity contribution in [1.29, 1.82) is 0 Å². The van der Waals surface area contributed by atoms with Gasteiger partial charge in [-0.15, -0.1) is 0 Å². The number of hydrogen-bond donors (Lipinski definition) is 2. The van der Waals surface area contributed by atoms with E-state index in [1.54, 1.807) is 18.3 Å². The molecule has 5 nitrogen and oxygen atoms in total. The van der Waals surface area contributed by atoms with Crippen LogP contribution < -0.4 is 10.6 Å². The molecule has 1 aromatic carbocycles. The lowest BCUT2D eigenvalue weighted by atomic mass is 10.2. The summed E-state index contributed by atoms with van der Waals surface area (Å²) in [5.74, 6) is 0.454. The van der Waals surface area contributed by atoms with Crippen molar-refractivity contribution in [3.05, 3.63) is 82.8 Å². The van der Waals surface area contributed by atoms with Gasteiger partial charge < -0.3 is 10.6 Å². The summed E-state index contributed by atoms with van der Waals surface area (Å²) in [5, 5.41) is 6.71. The zero-order valence-corrected chi connectivity index (χ0v) is 14.4. The van der Waals surface area contributed by atoms with Gasteiger partial charge in [0.15, 0.2) is 0 Å². The first-order chi connectivity index (χ1) is 12.1. The van der Waals surface area contributed by atoms with Gasteiger partial charge in [-0.1, -0.05) is 23.7 Å². The highest BCUT2D eigenvalue weighted by Crippen LogP contribution is 2.25. The molecule has 2 N–H and O–H groups in total. The molecule has 0 aliphatic rings. The van der Waals surface area contributed by atoms with Crippen LogP contribution in [0.15, 0.2) is 60.9 Å². The van der Waals surface area contributed by atoms with E-state index in [0.29, 0.717) is 22.9 Å². The molecule has 0 unspecified atom stereocenters. The zero-order valence-electron chi connectivity index (χ0n) is 13.7. The highest BCUT2D eigenvalue weighted by atomic mass is 35.5. The highest BCUT2D eigenvalue weighted by molar-refractivity contribution is 6.31. The SMILES string of the molecule is Cc1c(Cl)cccc1Nc1ccc(C(=O)NCc2ccccn2)cn1. The summed E-state index contributed by atoms with van der Waals surface area (Å²) in [4.78, 5) is 20.6. The molecular weight excluding hydrogens is 336 g/mol. The van der Waals surface area contributed by atoms with Gasteiger partial charge in [0.2, 0.25) is 0 Å². The van der Waals surface area contributed by atoms with Gasteiger partial charge in [0.05, 0.1) is 17.8 Å². The maximum absolute atomic E-state index is 12.2. The lowest BCUT2D eigenvalue weighted by molar-refractivity contribution is 0.0950. The maximum atomic E-state index is 12.2. The van der Waals surface area contributed by atoms with Crippen LogP contribution in [0.5, 0.6) is 0 Å². The third-order valence-electron chi connectivity index (χ3n) is 3.71. The van der Waals surface area contributed by atoms with Crippen molar-refractivity contribution in [1.82, 2.24) is 15.3 Å². The monoisotopic (exact) mass is 352 g/mol. The Morgan fingerprint density at radius 1 is 1.08 bits per heavy atom. The predicted molar refractivity (Wildman–Crippen MR) is 99.1 cm³/mol. The molecule has 0 aliphatic heterocycles. The molecule has 0 saturated carbocycles. The molecule has 0 spiro atoms. The van der Waals surface area contributed by atoms with E-state index in [1.807, 2.05) is 43.3 Å². The van der Waals surface area contributed by atoms with Crippen molar-refractivity contribution in [2.45, 2.75) is 13.5 Å². The predicted octanol–water partition coefficient (Wildman–Crippen LogP) is 4.11. The number of benzene rings is 1. The third kappa shape index (κ3) is 4.33. The topological polar surface area (TPSA) is 66.9 Å². The maximum Gasteiger partial charge on any atom is 0.253 e. The molecule has 0 radical (unpaired) electrons. The molecule has 2 heterocycles. The van der Waals surface area contributed by atoms with Gasteiger partial charge in [0.25, 0.3) is 5.91 Å². The first kappa shape index (κ1) is 16.9. The average Bonchev–Trinajstić information content (AvgIpc) is 2.65. The number of carbonyl (C=O) groups is 1. The second-order valence-electron chi connectivity index (χ2n) is 5.47. The summed E-state index contributed by atoms with van der Waals surface area (Å²) in [7, 11) is 0. The Labute approximate surface area is 151 Å². The van der Waals surface area contributed by atoms with Gasteiger partial charge in [-0.2, -0.15) is 0 Å². The fraction of sp³-hybridized carbons (Fsp3) is 0.105. The molecule has 3 rings (SSSR count). The van der Waals surface area contributed by atoms with Gasteiger partial charge in [-0.25, -0.2) is 4.98 Å². The van der Waals surface area contributed by atoms with E-state index in [9.17, 15) is 4.79 Å². The first-order valence-electron chi connectivity index (χ1n) is 7.80. The second kappa shape index (κ2) is 7.77. The van der Waals surface area contributed by atoms with Crippen LogP contribution in [0.1, 0.15) is 21.6 Å². The molecular formula is C19H17ClN4O. The summed E-state index contributed by atoms with van der Waals surface area (Å²) in [6.45, 7) is 2.31. The number of halogens is 1. The molecule has 0 atom stereocenters. The number of aromatic nitrogens is 2.